The van der Waals surface area contributed by atoms with Crippen molar-refractivity contribution in [2.45, 2.75) is 6.54 Å². The predicted octanol–water partition coefficient (Wildman–Crippen LogP) is 2.45. The molecule has 0 aliphatic rings. The molecule has 2 aromatic rings. The highest BCUT2D eigenvalue weighted by atomic mass is 32.1. The van der Waals surface area contributed by atoms with Crippen LogP contribution < -0.4 is 5.73 Å². The molecule has 1 heterocycles. The molecule has 0 saturated carbocycles. The van der Waals surface area contributed by atoms with Gasteiger partial charge in [0.2, 0.25) is 0 Å². The number of thiazole rings is 1. The van der Waals surface area contributed by atoms with E-state index in [4.69, 9.17) is 5.73 Å². The summed E-state index contributed by atoms with van der Waals surface area (Å²) in [6.07, 6.45) is 0. The van der Waals surface area contributed by atoms with Gasteiger partial charge in [-0.1, -0.05) is 30.3 Å². The lowest BCUT2D eigenvalue weighted by Crippen LogP contribution is -2.10. The molecule has 1 aromatic heterocycles. The summed E-state index contributed by atoms with van der Waals surface area (Å²) in [5.74, 6) is 0. The van der Waals surface area contributed by atoms with Gasteiger partial charge in [0, 0.05) is 17.0 Å². The predicted molar refractivity (Wildman–Crippen MR) is 69.4 cm³/mol. The highest BCUT2D eigenvalue weighted by Crippen LogP contribution is 2.30. The Labute approximate surface area is 99.5 Å². The summed E-state index contributed by atoms with van der Waals surface area (Å²) in [5.41, 5.74) is 7.92. The molecule has 0 amide bonds. The molecule has 4 heteroatoms. The van der Waals surface area contributed by atoms with Crippen molar-refractivity contribution in [3.05, 3.63) is 35.2 Å². The summed E-state index contributed by atoms with van der Waals surface area (Å²) in [6.45, 7) is 0.874. The Morgan fingerprint density at radius 2 is 1.94 bits per heavy atom. The van der Waals surface area contributed by atoms with Gasteiger partial charge in [-0.3, -0.25) is 0 Å². The Morgan fingerprint density at radius 3 is 2.56 bits per heavy atom. The number of hydrogen-bond donors (Lipinski definition) is 1. The van der Waals surface area contributed by atoms with E-state index in [1.54, 1.807) is 11.3 Å². The zero-order chi connectivity index (χ0) is 11.5. The second-order valence-electron chi connectivity index (χ2n) is 3.93. The molecule has 0 spiro atoms. The van der Waals surface area contributed by atoms with E-state index in [-0.39, 0.29) is 0 Å². The fraction of sp³-hybridized carbons (Fsp3) is 0.250. The third-order valence-corrected chi connectivity index (χ3v) is 3.09. The minimum Gasteiger partial charge on any atom is -0.375 e. The molecule has 84 valence electrons. The van der Waals surface area contributed by atoms with Crippen LogP contribution in [-0.2, 0) is 6.54 Å². The van der Waals surface area contributed by atoms with E-state index in [9.17, 15) is 0 Å². The van der Waals surface area contributed by atoms with Gasteiger partial charge in [0.15, 0.2) is 5.13 Å². The van der Waals surface area contributed by atoms with Crippen LogP contribution in [0.15, 0.2) is 30.3 Å². The van der Waals surface area contributed by atoms with Gasteiger partial charge in [0.25, 0.3) is 0 Å². The van der Waals surface area contributed by atoms with E-state index >= 15 is 0 Å². The third-order valence-electron chi connectivity index (χ3n) is 2.22. The SMILES string of the molecule is CN(C)Cc1sc(N)nc1-c1ccccc1. The van der Waals surface area contributed by atoms with Crippen molar-refractivity contribution >= 4 is 16.5 Å². The summed E-state index contributed by atoms with van der Waals surface area (Å²) in [6, 6.07) is 10.2. The van der Waals surface area contributed by atoms with Crippen LogP contribution in [-0.4, -0.2) is 24.0 Å². The van der Waals surface area contributed by atoms with Gasteiger partial charge in [0.05, 0.1) is 5.69 Å². The minimum atomic E-state index is 0.635. The smallest absolute Gasteiger partial charge is 0.180 e. The summed E-state index contributed by atoms with van der Waals surface area (Å²) in [5, 5.41) is 0.635. The molecule has 2 rings (SSSR count). The normalized spacial score (nSPS) is 10.9. The second-order valence-corrected chi connectivity index (χ2v) is 5.04. The van der Waals surface area contributed by atoms with Gasteiger partial charge < -0.3 is 10.6 Å². The lowest BCUT2D eigenvalue weighted by Gasteiger charge is -2.08. The Hall–Kier alpha value is -1.39. The maximum absolute atomic E-state index is 5.78. The molecule has 16 heavy (non-hydrogen) atoms. The van der Waals surface area contributed by atoms with E-state index in [1.165, 1.54) is 4.88 Å². The lowest BCUT2D eigenvalue weighted by molar-refractivity contribution is 0.406. The quantitative estimate of drug-likeness (QED) is 0.885. The molecule has 1 aromatic carbocycles. The number of rotatable bonds is 3. The average Bonchev–Trinajstić information content (AvgIpc) is 2.60. The minimum absolute atomic E-state index is 0.635. The summed E-state index contributed by atoms with van der Waals surface area (Å²) in [7, 11) is 4.09. The van der Waals surface area contributed by atoms with E-state index < -0.39 is 0 Å². The fourth-order valence-corrected chi connectivity index (χ4v) is 2.56. The summed E-state index contributed by atoms with van der Waals surface area (Å²) in [4.78, 5) is 7.74. The zero-order valence-corrected chi connectivity index (χ0v) is 10.3. The molecule has 0 fully saturated rings. The van der Waals surface area contributed by atoms with E-state index in [0.29, 0.717) is 5.13 Å². The van der Waals surface area contributed by atoms with Crippen LogP contribution in [0.1, 0.15) is 4.88 Å². The first-order chi connectivity index (χ1) is 7.66. The van der Waals surface area contributed by atoms with Crippen LogP contribution in [0, 0.1) is 0 Å². The Bertz CT molecular complexity index is 462. The van der Waals surface area contributed by atoms with Crippen molar-refractivity contribution < 1.29 is 0 Å². The van der Waals surface area contributed by atoms with E-state index in [2.05, 4.69) is 22.0 Å². The molecule has 0 radical (unpaired) electrons. The average molecular weight is 233 g/mol. The van der Waals surface area contributed by atoms with Crippen LogP contribution in [0.25, 0.3) is 11.3 Å². The fourth-order valence-electron chi connectivity index (χ4n) is 1.59. The van der Waals surface area contributed by atoms with Gasteiger partial charge >= 0.3 is 0 Å². The zero-order valence-electron chi connectivity index (χ0n) is 9.47. The van der Waals surface area contributed by atoms with Gasteiger partial charge in [0.1, 0.15) is 0 Å². The number of nitrogen functional groups attached to an aromatic ring is 1. The number of benzene rings is 1. The molecule has 0 unspecified atom stereocenters. The van der Waals surface area contributed by atoms with Crippen LogP contribution in [0.3, 0.4) is 0 Å². The van der Waals surface area contributed by atoms with E-state index in [0.717, 1.165) is 17.8 Å². The maximum Gasteiger partial charge on any atom is 0.180 e. The molecular formula is C12H15N3S. The molecule has 2 N–H and O–H groups in total. The molecule has 0 aliphatic heterocycles. The van der Waals surface area contributed by atoms with Crippen molar-refractivity contribution in [1.29, 1.82) is 0 Å². The first-order valence-electron chi connectivity index (χ1n) is 5.12. The highest BCUT2D eigenvalue weighted by Gasteiger charge is 2.11. The number of nitrogens with zero attached hydrogens (tertiary/aromatic N) is 2. The Morgan fingerprint density at radius 1 is 1.25 bits per heavy atom. The van der Waals surface area contributed by atoms with E-state index in [1.807, 2.05) is 32.3 Å². The molecule has 3 nitrogen and oxygen atoms in total. The van der Waals surface area contributed by atoms with Crippen LogP contribution in [0.2, 0.25) is 0 Å². The molecule has 0 aliphatic carbocycles. The maximum atomic E-state index is 5.78. The van der Waals surface area contributed by atoms with Crippen molar-refractivity contribution in [3.63, 3.8) is 0 Å². The van der Waals surface area contributed by atoms with Crippen molar-refractivity contribution in [2.24, 2.45) is 0 Å². The summed E-state index contributed by atoms with van der Waals surface area (Å²) >= 11 is 1.56. The number of nitrogens with two attached hydrogens (primary N) is 1. The van der Waals surface area contributed by atoms with Gasteiger partial charge in [-0.05, 0) is 14.1 Å². The Kier molecular flexibility index (Phi) is 3.22. The second kappa shape index (κ2) is 4.63. The first kappa shape index (κ1) is 11.1. The number of anilines is 1. The van der Waals surface area contributed by atoms with Crippen molar-refractivity contribution in [2.75, 3.05) is 19.8 Å². The van der Waals surface area contributed by atoms with Gasteiger partial charge in [-0.15, -0.1) is 11.3 Å². The third kappa shape index (κ3) is 2.40. The summed E-state index contributed by atoms with van der Waals surface area (Å²) < 4.78 is 0. The largest absolute Gasteiger partial charge is 0.375 e. The van der Waals surface area contributed by atoms with Gasteiger partial charge in [-0.25, -0.2) is 4.98 Å². The van der Waals surface area contributed by atoms with Crippen LogP contribution in [0.5, 0.6) is 0 Å². The lowest BCUT2D eigenvalue weighted by atomic mass is 10.1. The molecular weight excluding hydrogens is 218 g/mol. The highest BCUT2D eigenvalue weighted by molar-refractivity contribution is 7.15. The molecule has 0 saturated heterocycles. The van der Waals surface area contributed by atoms with Crippen molar-refractivity contribution in [1.82, 2.24) is 9.88 Å². The van der Waals surface area contributed by atoms with Crippen LogP contribution in [0.4, 0.5) is 5.13 Å². The molecule has 0 atom stereocenters. The van der Waals surface area contributed by atoms with Crippen LogP contribution >= 0.6 is 11.3 Å². The number of hydrogen-bond acceptors (Lipinski definition) is 4. The van der Waals surface area contributed by atoms with Crippen molar-refractivity contribution in [3.8, 4) is 11.3 Å². The monoisotopic (exact) mass is 233 g/mol. The molecule has 0 bridgehead atoms. The van der Waals surface area contributed by atoms with Gasteiger partial charge in [-0.2, -0.15) is 0 Å². The Balaban J connectivity index is 2.40. The standard InChI is InChI=1S/C12H15N3S/c1-15(2)8-10-11(14-12(13)16-10)9-6-4-3-5-7-9/h3-7H,8H2,1-2H3,(H2,13,14). The first-order valence-corrected chi connectivity index (χ1v) is 5.94. The topological polar surface area (TPSA) is 42.1 Å². The number of aromatic nitrogens is 1.